The molecule has 0 aliphatic carbocycles. The van der Waals surface area contributed by atoms with Gasteiger partial charge >= 0.3 is 0 Å². The Morgan fingerprint density at radius 3 is 2.32 bits per heavy atom. The molecule has 5 heteroatoms. The van der Waals surface area contributed by atoms with Crippen molar-refractivity contribution < 1.29 is 4.74 Å². The Bertz CT molecular complexity index is 1050. The lowest BCUT2D eigenvalue weighted by atomic mass is 10.0. The first-order valence-electron chi connectivity index (χ1n) is 8.52. The van der Waals surface area contributed by atoms with E-state index in [1.807, 2.05) is 36.4 Å². The van der Waals surface area contributed by atoms with Crippen molar-refractivity contribution >= 4 is 68.4 Å². The molecule has 0 bridgehead atoms. The predicted molar refractivity (Wildman–Crippen MR) is 132 cm³/mol. The Hall–Kier alpha value is -1.56. The van der Waals surface area contributed by atoms with Gasteiger partial charge in [-0.1, -0.05) is 59.6 Å². The molecule has 0 saturated carbocycles. The molecule has 140 valence electrons. The van der Waals surface area contributed by atoms with Gasteiger partial charge in [-0.3, -0.25) is 0 Å². The van der Waals surface area contributed by atoms with Gasteiger partial charge in [-0.15, -0.1) is 0 Å². The molecule has 0 spiro atoms. The molecule has 0 aromatic heterocycles. The van der Waals surface area contributed by atoms with Gasteiger partial charge in [0.2, 0.25) is 0 Å². The Morgan fingerprint density at radius 1 is 1.07 bits per heavy atom. The van der Waals surface area contributed by atoms with E-state index in [-0.39, 0.29) is 0 Å². The van der Waals surface area contributed by atoms with E-state index in [0.29, 0.717) is 17.2 Å². The standard InChI is InChI=1S/C23H16ClI2NO/c1-15-6-8-16(9-7-15)14-28-23-21(25)11-17(12-22(23)26)10-18(13-27)19-4-2-3-5-20(19)24/h2-12H,14H2,1H3. The minimum atomic E-state index is 0.518. The average Bonchev–Trinajstić information content (AvgIpc) is 2.67. The van der Waals surface area contributed by atoms with Gasteiger partial charge in [0.25, 0.3) is 0 Å². The number of nitriles is 1. The summed E-state index contributed by atoms with van der Waals surface area (Å²) in [7, 11) is 0. The number of ether oxygens (including phenoxy) is 1. The highest BCUT2D eigenvalue weighted by atomic mass is 127. The van der Waals surface area contributed by atoms with Crippen LogP contribution in [-0.2, 0) is 6.61 Å². The minimum Gasteiger partial charge on any atom is -0.487 e. The summed E-state index contributed by atoms with van der Waals surface area (Å²) in [4.78, 5) is 0. The van der Waals surface area contributed by atoms with Crippen LogP contribution in [0.5, 0.6) is 5.75 Å². The Labute approximate surface area is 197 Å². The highest BCUT2D eigenvalue weighted by Gasteiger charge is 2.11. The number of aryl methyl sites for hydroxylation is 1. The van der Waals surface area contributed by atoms with Crippen LogP contribution >= 0.6 is 56.8 Å². The van der Waals surface area contributed by atoms with Crippen molar-refractivity contribution in [1.82, 2.24) is 0 Å². The zero-order valence-corrected chi connectivity index (χ0v) is 20.1. The molecule has 0 fully saturated rings. The molecule has 0 atom stereocenters. The van der Waals surface area contributed by atoms with Crippen LogP contribution < -0.4 is 4.74 Å². The molecule has 0 N–H and O–H groups in total. The first-order valence-corrected chi connectivity index (χ1v) is 11.1. The lowest BCUT2D eigenvalue weighted by Crippen LogP contribution is -1.99. The molecule has 0 aliphatic rings. The second-order valence-corrected chi connectivity index (χ2v) is 8.97. The maximum Gasteiger partial charge on any atom is 0.146 e. The van der Waals surface area contributed by atoms with Crippen molar-refractivity contribution in [3.8, 4) is 11.8 Å². The van der Waals surface area contributed by atoms with Crippen LogP contribution in [0.1, 0.15) is 22.3 Å². The van der Waals surface area contributed by atoms with Crippen molar-refractivity contribution in [3.05, 3.63) is 95.1 Å². The van der Waals surface area contributed by atoms with E-state index in [1.165, 1.54) is 5.56 Å². The molecular weight excluding hydrogens is 596 g/mol. The van der Waals surface area contributed by atoms with E-state index >= 15 is 0 Å². The summed E-state index contributed by atoms with van der Waals surface area (Å²) in [6, 6.07) is 22.0. The number of halogens is 3. The van der Waals surface area contributed by atoms with Gasteiger partial charge in [0.05, 0.1) is 18.8 Å². The minimum absolute atomic E-state index is 0.518. The average molecular weight is 612 g/mol. The van der Waals surface area contributed by atoms with Crippen molar-refractivity contribution in [3.63, 3.8) is 0 Å². The molecule has 3 aromatic carbocycles. The van der Waals surface area contributed by atoms with Crippen LogP contribution in [-0.4, -0.2) is 0 Å². The fraction of sp³-hybridized carbons (Fsp3) is 0.0870. The van der Waals surface area contributed by atoms with Gasteiger partial charge in [-0.2, -0.15) is 5.26 Å². The highest BCUT2D eigenvalue weighted by Crippen LogP contribution is 2.32. The number of hydrogen-bond donors (Lipinski definition) is 0. The molecule has 3 rings (SSSR count). The number of nitrogens with zero attached hydrogens (tertiary/aromatic N) is 1. The SMILES string of the molecule is Cc1ccc(COc2c(I)cc(C=C(C#N)c3ccccc3Cl)cc2I)cc1. The summed E-state index contributed by atoms with van der Waals surface area (Å²) in [6.45, 7) is 2.59. The molecule has 0 unspecified atom stereocenters. The molecule has 0 saturated heterocycles. The molecule has 0 aliphatic heterocycles. The zero-order valence-electron chi connectivity index (χ0n) is 15.0. The molecule has 2 nitrogen and oxygen atoms in total. The monoisotopic (exact) mass is 611 g/mol. The number of benzene rings is 3. The van der Waals surface area contributed by atoms with Gasteiger partial charge in [0.1, 0.15) is 12.4 Å². The quantitative estimate of drug-likeness (QED) is 0.170. The molecular formula is C23H16ClI2NO. The second kappa shape index (κ2) is 9.77. The Morgan fingerprint density at radius 2 is 1.71 bits per heavy atom. The third-order valence-electron chi connectivity index (χ3n) is 4.12. The number of hydrogen-bond acceptors (Lipinski definition) is 2. The van der Waals surface area contributed by atoms with Crippen LogP contribution in [0.3, 0.4) is 0 Å². The van der Waals surface area contributed by atoms with Crippen molar-refractivity contribution in [1.29, 1.82) is 5.26 Å². The van der Waals surface area contributed by atoms with E-state index in [4.69, 9.17) is 16.3 Å². The van der Waals surface area contributed by atoms with E-state index in [1.54, 1.807) is 6.07 Å². The smallest absolute Gasteiger partial charge is 0.146 e. The summed E-state index contributed by atoms with van der Waals surface area (Å²) >= 11 is 10.8. The van der Waals surface area contributed by atoms with Crippen LogP contribution in [0.25, 0.3) is 11.6 Å². The van der Waals surface area contributed by atoms with Crippen LogP contribution in [0, 0.1) is 25.4 Å². The van der Waals surface area contributed by atoms with E-state index in [2.05, 4.69) is 82.4 Å². The largest absolute Gasteiger partial charge is 0.487 e. The van der Waals surface area contributed by atoms with Gasteiger partial charge in [-0.05, 0) is 87.5 Å². The summed E-state index contributed by atoms with van der Waals surface area (Å²) in [5.41, 5.74) is 4.57. The second-order valence-electron chi connectivity index (χ2n) is 6.24. The van der Waals surface area contributed by atoms with Gasteiger partial charge in [0.15, 0.2) is 0 Å². The highest BCUT2D eigenvalue weighted by molar-refractivity contribution is 14.1. The van der Waals surface area contributed by atoms with Gasteiger partial charge in [0, 0.05) is 10.6 Å². The molecule has 28 heavy (non-hydrogen) atoms. The fourth-order valence-electron chi connectivity index (χ4n) is 2.66. The summed E-state index contributed by atoms with van der Waals surface area (Å²) in [5.74, 6) is 0.857. The molecule has 0 radical (unpaired) electrons. The van der Waals surface area contributed by atoms with Gasteiger partial charge < -0.3 is 4.74 Å². The topological polar surface area (TPSA) is 33.0 Å². The Balaban J connectivity index is 1.86. The summed E-state index contributed by atoms with van der Waals surface area (Å²) < 4.78 is 8.06. The maximum atomic E-state index is 9.58. The Kier molecular flexibility index (Phi) is 7.38. The third-order valence-corrected chi connectivity index (χ3v) is 6.05. The lowest BCUT2D eigenvalue weighted by molar-refractivity contribution is 0.301. The van der Waals surface area contributed by atoms with Crippen molar-refractivity contribution in [2.75, 3.05) is 0 Å². The predicted octanol–water partition coefficient (Wildman–Crippen LogP) is 7.50. The van der Waals surface area contributed by atoms with Crippen molar-refractivity contribution in [2.24, 2.45) is 0 Å². The van der Waals surface area contributed by atoms with Crippen LogP contribution in [0.2, 0.25) is 5.02 Å². The van der Waals surface area contributed by atoms with Crippen LogP contribution in [0.4, 0.5) is 0 Å². The maximum absolute atomic E-state index is 9.58. The van der Waals surface area contributed by atoms with E-state index in [9.17, 15) is 5.26 Å². The zero-order chi connectivity index (χ0) is 20.1. The normalized spacial score (nSPS) is 11.2. The van der Waals surface area contributed by atoms with E-state index in [0.717, 1.165) is 29.6 Å². The summed E-state index contributed by atoms with van der Waals surface area (Å²) in [6.07, 6.45) is 1.86. The number of allylic oxidation sites excluding steroid dienone is 1. The van der Waals surface area contributed by atoms with Crippen molar-refractivity contribution in [2.45, 2.75) is 13.5 Å². The fourth-order valence-corrected chi connectivity index (χ4v) is 5.02. The molecule has 0 heterocycles. The molecule has 0 amide bonds. The number of rotatable bonds is 5. The van der Waals surface area contributed by atoms with Crippen LogP contribution in [0.15, 0.2) is 60.7 Å². The molecule has 3 aromatic rings. The first-order chi connectivity index (χ1) is 13.5. The lowest BCUT2D eigenvalue weighted by Gasteiger charge is -2.12. The van der Waals surface area contributed by atoms with Gasteiger partial charge in [-0.25, -0.2) is 0 Å². The first kappa shape index (κ1) is 21.2. The van der Waals surface area contributed by atoms with E-state index < -0.39 is 0 Å². The third kappa shape index (κ3) is 5.28. The summed E-state index contributed by atoms with van der Waals surface area (Å²) in [5, 5.41) is 10.2.